The van der Waals surface area contributed by atoms with Gasteiger partial charge in [-0.15, -0.1) is 0 Å². The maximum Gasteiger partial charge on any atom is 0.122 e. The van der Waals surface area contributed by atoms with Crippen LogP contribution in [0.5, 0.6) is 5.75 Å². The molecule has 0 bridgehead atoms. The molecule has 0 aliphatic heterocycles. The Hall–Kier alpha value is -1.02. The van der Waals surface area contributed by atoms with Crippen LogP contribution in [0.1, 0.15) is 31.9 Å². The lowest BCUT2D eigenvalue weighted by Gasteiger charge is -2.23. The van der Waals surface area contributed by atoms with Crippen LogP contribution >= 0.6 is 0 Å². The van der Waals surface area contributed by atoms with E-state index in [1.165, 1.54) is 11.1 Å². The summed E-state index contributed by atoms with van der Waals surface area (Å²) in [5.74, 6) is 0.987. The molecule has 0 saturated carbocycles. The molecule has 1 N–H and O–H groups in total. The Morgan fingerprint density at radius 1 is 1.25 bits per heavy atom. The summed E-state index contributed by atoms with van der Waals surface area (Å²) in [6, 6.07) is 6.48. The molecule has 90 valence electrons. The van der Waals surface area contributed by atoms with Crippen molar-refractivity contribution in [3.63, 3.8) is 0 Å². The molecule has 0 amide bonds. The molecule has 0 spiro atoms. The highest BCUT2D eigenvalue weighted by Gasteiger charge is 2.18. The lowest BCUT2D eigenvalue weighted by Crippen LogP contribution is -2.15. The molecule has 0 heterocycles. The molecule has 0 atom stereocenters. The zero-order valence-corrected chi connectivity index (χ0v) is 11.1. The van der Waals surface area contributed by atoms with E-state index in [2.05, 4.69) is 44.3 Å². The molecule has 0 fully saturated rings. The third-order valence-corrected chi connectivity index (χ3v) is 2.74. The summed E-state index contributed by atoms with van der Waals surface area (Å²) in [5, 5.41) is 3.17. The van der Waals surface area contributed by atoms with Gasteiger partial charge in [0, 0.05) is 0 Å². The second-order valence-corrected chi connectivity index (χ2v) is 5.14. The minimum Gasteiger partial charge on any atom is -0.496 e. The van der Waals surface area contributed by atoms with Crippen LogP contribution in [0.2, 0.25) is 0 Å². The topological polar surface area (TPSA) is 21.3 Å². The molecular weight excluding hydrogens is 198 g/mol. The summed E-state index contributed by atoms with van der Waals surface area (Å²) in [7, 11) is 3.71. The maximum atomic E-state index is 5.42. The standard InChI is InChI=1S/C14H23NO/c1-14(2,3)12-10-11(8-9-15-4)6-7-13(12)16-5/h6-7,10,15H,8-9H2,1-5H3. The Labute approximate surface area is 99.0 Å². The van der Waals surface area contributed by atoms with E-state index < -0.39 is 0 Å². The van der Waals surface area contributed by atoms with Gasteiger partial charge in [-0.25, -0.2) is 0 Å². The van der Waals surface area contributed by atoms with E-state index >= 15 is 0 Å². The van der Waals surface area contributed by atoms with Crippen molar-refractivity contribution in [2.24, 2.45) is 0 Å². The molecule has 1 rings (SSSR count). The molecule has 0 radical (unpaired) electrons. The predicted octanol–water partition coefficient (Wildman–Crippen LogP) is 2.75. The van der Waals surface area contributed by atoms with Crippen LogP contribution in [-0.2, 0) is 11.8 Å². The Morgan fingerprint density at radius 2 is 1.94 bits per heavy atom. The number of hydrogen-bond donors (Lipinski definition) is 1. The summed E-state index contributed by atoms with van der Waals surface area (Å²) in [4.78, 5) is 0. The first-order valence-corrected chi connectivity index (χ1v) is 5.81. The molecule has 0 saturated heterocycles. The van der Waals surface area contributed by atoms with Crippen LogP contribution in [0.15, 0.2) is 18.2 Å². The SMILES string of the molecule is CNCCc1ccc(OC)c(C(C)(C)C)c1. The number of hydrogen-bond acceptors (Lipinski definition) is 2. The maximum absolute atomic E-state index is 5.42. The second kappa shape index (κ2) is 5.35. The monoisotopic (exact) mass is 221 g/mol. The van der Waals surface area contributed by atoms with Crippen LogP contribution in [0.3, 0.4) is 0 Å². The summed E-state index contributed by atoms with van der Waals surface area (Å²) in [6.07, 6.45) is 1.06. The highest BCUT2D eigenvalue weighted by atomic mass is 16.5. The second-order valence-electron chi connectivity index (χ2n) is 5.14. The van der Waals surface area contributed by atoms with E-state index in [1.807, 2.05) is 7.05 Å². The molecule has 0 aromatic heterocycles. The van der Waals surface area contributed by atoms with E-state index in [-0.39, 0.29) is 5.41 Å². The van der Waals surface area contributed by atoms with Gasteiger partial charge in [0.1, 0.15) is 5.75 Å². The van der Waals surface area contributed by atoms with Gasteiger partial charge >= 0.3 is 0 Å². The van der Waals surface area contributed by atoms with E-state index in [1.54, 1.807) is 7.11 Å². The molecule has 0 aliphatic rings. The Kier molecular flexibility index (Phi) is 4.36. The van der Waals surface area contributed by atoms with Crippen molar-refractivity contribution in [2.45, 2.75) is 32.6 Å². The van der Waals surface area contributed by atoms with Crippen molar-refractivity contribution in [3.05, 3.63) is 29.3 Å². The van der Waals surface area contributed by atoms with E-state index in [4.69, 9.17) is 4.74 Å². The smallest absolute Gasteiger partial charge is 0.122 e. The van der Waals surface area contributed by atoms with Gasteiger partial charge in [0.05, 0.1) is 7.11 Å². The first-order chi connectivity index (χ1) is 7.49. The number of benzene rings is 1. The van der Waals surface area contributed by atoms with Crippen molar-refractivity contribution in [3.8, 4) is 5.75 Å². The number of nitrogens with one attached hydrogen (secondary N) is 1. The van der Waals surface area contributed by atoms with Crippen LogP contribution in [-0.4, -0.2) is 20.7 Å². The van der Waals surface area contributed by atoms with Gasteiger partial charge in [0.2, 0.25) is 0 Å². The zero-order valence-electron chi connectivity index (χ0n) is 11.1. The number of likely N-dealkylation sites (N-methyl/N-ethyl adjacent to an activating group) is 1. The Balaban J connectivity index is 3.02. The van der Waals surface area contributed by atoms with Gasteiger partial charge in [-0.1, -0.05) is 32.9 Å². The molecule has 2 nitrogen and oxygen atoms in total. The van der Waals surface area contributed by atoms with E-state index in [0.717, 1.165) is 18.7 Å². The average Bonchev–Trinajstić information content (AvgIpc) is 2.24. The molecule has 0 aliphatic carbocycles. The number of rotatable bonds is 4. The lowest BCUT2D eigenvalue weighted by molar-refractivity contribution is 0.397. The molecule has 0 unspecified atom stereocenters. The number of ether oxygens (including phenoxy) is 1. The lowest BCUT2D eigenvalue weighted by atomic mass is 9.85. The van der Waals surface area contributed by atoms with Gasteiger partial charge in [0.25, 0.3) is 0 Å². The number of methoxy groups -OCH3 is 1. The fourth-order valence-electron chi connectivity index (χ4n) is 1.77. The summed E-state index contributed by atoms with van der Waals surface area (Å²) in [5.41, 5.74) is 2.77. The van der Waals surface area contributed by atoms with Crippen LogP contribution in [0.25, 0.3) is 0 Å². The van der Waals surface area contributed by atoms with Gasteiger partial charge < -0.3 is 10.1 Å². The Bertz CT molecular complexity index is 339. The summed E-state index contributed by atoms with van der Waals surface area (Å²) in [6.45, 7) is 7.65. The molecule has 2 heteroatoms. The zero-order chi connectivity index (χ0) is 12.2. The minimum atomic E-state index is 0.126. The molecule has 1 aromatic rings. The minimum absolute atomic E-state index is 0.126. The normalized spacial score (nSPS) is 11.6. The third-order valence-electron chi connectivity index (χ3n) is 2.74. The van der Waals surface area contributed by atoms with E-state index in [0.29, 0.717) is 0 Å². The van der Waals surface area contributed by atoms with Crippen LogP contribution in [0, 0.1) is 0 Å². The highest BCUT2D eigenvalue weighted by Crippen LogP contribution is 2.31. The first kappa shape index (κ1) is 13.0. The van der Waals surface area contributed by atoms with Gasteiger partial charge in [0.15, 0.2) is 0 Å². The van der Waals surface area contributed by atoms with Gasteiger partial charge in [-0.2, -0.15) is 0 Å². The van der Waals surface area contributed by atoms with Gasteiger partial charge in [-0.05, 0) is 42.6 Å². The first-order valence-electron chi connectivity index (χ1n) is 5.81. The highest BCUT2D eigenvalue weighted by molar-refractivity contribution is 5.41. The van der Waals surface area contributed by atoms with Crippen molar-refractivity contribution >= 4 is 0 Å². The fourth-order valence-corrected chi connectivity index (χ4v) is 1.77. The third kappa shape index (κ3) is 3.24. The molecule has 1 aromatic carbocycles. The average molecular weight is 221 g/mol. The quantitative estimate of drug-likeness (QED) is 0.844. The van der Waals surface area contributed by atoms with Crippen LogP contribution in [0.4, 0.5) is 0 Å². The van der Waals surface area contributed by atoms with Crippen molar-refractivity contribution < 1.29 is 4.74 Å². The van der Waals surface area contributed by atoms with E-state index in [9.17, 15) is 0 Å². The summed E-state index contributed by atoms with van der Waals surface area (Å²) >= 11 is 0. The van der Waals surface area contributed by atoms with Crippen LogP contribution < -0.4 is 10.1 Å². The van der Waals surface area contributed by atoms with Gasteiger partial charge in [-0.3, -0.25) is 0 Å². The van der Waals surface area contributed by atoms with Crippen molar-refractivity contribution in [2.75, 3.05) is 20.7 Å². The largest absolute Gasteiger partial charge is 0.496 e. The Morgan fingerprint density at radius 3 is 2.44 bits per heavy atom. The fraction of sp³-hybridized carbons (Fsp3) is 0.571. The molecular formula is C14H23NO. The predicted molar refractivity (Wildman–Crippen MR) is 69.3 cm³/mol. The summed E-state index contributed by atoms with van der Waals surface area (Å²) < 4.78 is 5.42. The van der Waals surface area contributed by atoms with Crippen molar-refractivity contribution in [1.29, 1.82) is 0 Å². The van der Waals surface area contributed by atoms with Crippen molar-refractivity contribution in [1.82, 2.24) is 5.32 Å². The molecule has 16 heavy (non-hydrogen) atoms.